The number of nitrogens with one attached hydrogen (secondary N) is 1. The minimum Gasteiger partial charge on any atom is -0.444 e. The topological polar surface area (TPSA) is 94.3 Å². The molecule has 0 radical (unpaired) electrons. The van der Waals surface area contributed by atoms with E-state index in [-0.39, 0.29) is 11.9 Å². The lowest BCUT2D eigenvalue weighted by molar-refractivity contribution is -0.130. The molecule has 1 aliphatic rings. The molecule has 1 aromatic carbocycles. The van der Waals surface area contributed by atoms with E-state index in [0.717, 1.165) is 24.3 Å². The largest absolute Gasteiger partial charge is 0.444 e. The van der Waals surface area contributed by atoms with Gasteiger partial charge >= 0.3 is 5.97 Å². The smallest absolute Gasteiger partial charge is 0.342 e. The van der Waals surface area contributed by atoms with Gasteiger partial charge in [-0.25, -0.2) is 9.78 Å². The lowest BCUT2D eigenvalue weighted by Gasteiger charge is -2.18. The van der Waals surface area contributed by atoms with Crippen LogP contribution in [0.15, 0.2) is 64.3 Å². The molecule has 4 rings (SSSR count). The van der Waals surface area contributed by atoms with E-state index in [1.807, 2.05) is 31.2 Å². The summed E-state index contributed by atoms with van der Waals surface area (Å²) in [4.78, 5) is 30.0. The maximum Gasteiger partial charge on any atom is 0.342 e. The van der Waals surface area contributed by atoms with E-state index >= 15 is 0 Å². The van der Waals surface area contributed by atoms with Gasteiger partial charge in [0.15, 0.2) is 0 Å². The van der Waals surface area contributed by atoms with Gasteiger partial charge in [0, 0.05) is 29.6 Å². The van der Waals surface area contributed by atoms with Gasteiger partial charge in [-0.3, -0.25) is 4.79 Å². The van der Waals surface area contributed by atoms with Gasteiger partial charge in [-0.15, -0.1) is 0 Å². The van der Waals surface area contributed by atoms with Gasteiger partial charge < -0.3 is 14.6 Å². The molecule has 1 amide bonds. The van der Waals surface area contributed by atoms with Crippen molar-refractivity contribution in [3.8, 4) is 0 Å². The van der Waals surface area contributed by atoms with Crippen molar-refractivity contribution in [1.82, 2.24) is 15.5 Å². The molecule has 8 heteroatoms. The fourth-order valence-electron chi connectivity index (χ4n) is 2.87. The van der Waals surface area contributed by atoms with E-state index in [9.17, 15) is 9.59 Å². The minimum absolute atomic E-state index is 0.165. The third-order valence-electron chi connectivity index (χ3n) is 4.51. The molecular formula is C22H21N3O4S. The van der Waals surface area contributed by atoms with Crippen LogP contribution in [-0.2, 0) is 15.3 Å². The number of carbonyl (C=O) groups excluding carboxylic acids is 2. The van der Waals surface area contributed by atoms with Gasteiger partial charge in [0.2, 0.25) is 6.10 Å². The van der Waals surface area contributed by atoms with Crippen LogP contribution in [0.1, 0.15) is 46.3 Å². The Morgan fingerprint density at radius 2 is 2.03 bits per heavy atom. The molecule has 1 atom stereocenters. The highest BCUT2D eigenvalue weighted by Gasteiger charge is 2.31. The molecule has 154 valence electrons. The van der Waals surface area contributed by atoms with Crippen LogP contribution in [0.4, 0.5) is 0 Å². The molecule has 1 unspecified atom stereocenters. The number of rotatable bonds is 8. The molecule has 1 fully saturated rings. The molecule has 1 N–H and O–H groups in total. The first-order valence-corrected chi connectivity index (χ1v) is 10.6. The number of benzene rings is 1. The van der Waals surface area contributed by atoms with Crippen molar-refractivity contribution in [2.75, 3.05) is 0 Å². The molecule has 30 heavy (non-hydrogen) atoms. The maximum absolute atomic E-state index is 13.0. The van der Waals surface area contributed by atoms with E-state index in [4.69, 9.17) is 9.26 Å². The number of hydrogen-bond acceptors (Lipinski definition) is 7. The summed E-state index contributed by atoms with van der Waals surface area (Å²) < 4.78 is 10.7. The highest BCUT2D eigenvalue weighted by molar-refractivity contribution is 7.98. The van der Waals surface area contributed by atoms with Crippen molar-refractivity contribution >= 4 is 23.6 Å². The molecule has 1 saturated carbocycles. The Bertz CT molecular complexity index is 1030. The molecule has 0 spiro atoms. The maximum atomic E-state index is 13.0. The number of thioether (sulfide) groups is 1. The summed E-state index contributed by atoms with van der Waals surface area (Å²) in [5.41, 5.74) is 1.69. The Morgan fingerprint density at radius 3 is 2.73 bits per heavy atom. The van der Waals surface area contributed by atoms with Gasteiger partial charge in [0.1, 0.15) is 10.8 Å². The Kier molecular flexibility index (Phi) is 6.13. The lowest BCUT2D eigenvalue weighted by atomic mass is 10.1. The Labute approximate surface area is 178 Å². The van der Waals surface area contributed by atoms with Crippen LogP contribution >= 0.6 is 11.8 Å². The average Bonchev–Trinajstić information content (AvgIpc) is 3.48. The van der Waals surface area contributed by atoms with Gasteiger partial charge in [0.25, 0.3) is 5.91 Å². The summed E-state index contributed by atoms with van der Waals surface area (Å²) in [6, 6.07) is 14.3. The number of carbonyl (C=O) groups is 2. The number of nitrogens with zero attached hydrogens (tertiary/aromatic N) is 2. The van der Waals surface area contributed by atoms with Gasteiger partial charge in [-0.2, -0.15) is 0 Å². The van der Waals surface area contributed by atoms with Crippen LogP contribution in [0.3, 0.4) is 0 Å². The predicted molar refractivity (Wildman–Crippen MR) is 111 cm³/mol. The van der Waals surface area contributed by atoms with Gasteiger partial charge in [-0.05, 0) is 31.9 Å². The van der Waals surface area contributed by atoms with E-state index in [2.05, 4.69) is 15.5 Å². The fraction of sp³-hybridized carbons (Fsp3) is 0.273. The molecule has 3 aromatic rings. The first kappa shape index (κ1) is 20.2. The van der Waals surface area contributed by atoms with Crippen LogP contribution < -0.4 is 5.32 Å². The van der Waals surface area contributed by atoms with Crippen LogP contribution in [-0.4, -0.2) is 28.1 Å². The zero-order valence-electron chi connectivity index (χ0n) is 16.4. The van der Waals surface area contributed by atoms with Crippen LogP contribution in [0.25, 0.3) is 0 Å². The number of esters is 1. The van der Waals surface area contributed by atoms with Crippen molar-refractivity contribution in [2.24, 2.45) is 0 Å². The second-order valence-corrected chi connectivity index (χ2v) is 8.02. The minimum atomic E-state index is -1.02. The molecular weight excluding hydrogens is 402 g/mol. The van der Waals surface area contributed by atoms with Crippen molar-refractivity contribution in [3.63, 3.8) is 0 Å². The number of aryl methyl sites for hydroxylation is 1. The molecule has 2 aromatic heterocycles. The number of hydrogen-bond donors (Lipinski definition) is 1. The zero-order chi connectivity index (χ0) is 20.9. The number of pyridine rings is 1. The zero-order valence-corrected chi connectivity index (χ0v) is 17.2. The molecule has 0 aliphatic heterocycles. The standard InChI is InChI=1S/C22H21N3O4S/c1-14-12-17(25-29-14)13-30-21-18(8-5-11-23-21)22(27)28-19(15-6-3-2-4-7-15)20(26)24-16-9-10-16/h2-8,11-12,16,19H,9-10,13H2,1H3,(H,24,26). The van der Waals surface area contributed by atoms with E-state index in [0.29, 0.717) is 21.9 Å². The molecule has 0 bridgehead atoms. The van der Waals surface area contributed by atoms with Gasteiger partial charge in [0.05, 0.1) is 11.3 Å². The van der Waals surface area contributed by atoms with Crippen LogP contribution in [0.2, 0.25) is 0 Å². The first-order chi connectivity index (χ1) is 14.6. The molecule has 2 heterocycles. The van der Waals surface area contributed by atoms with Crippen LogP contribution in [0.5, 0.6) is 0 Å². The summed E-state index contributed by atoms with van der Waals surface area (Å²) in [6.07, 6.45) is 2.50. The SMILES string of the molecule is Cc1cc(CSc2ncccc2C(=O)OC(C(=O)NC2CC2)c2ccccc2)no1. The Balaban J connectivity index is 1.51. The quantitative estimate of drug-likeness (QED) is 0.434. The Hall–Kier alpha value is -3.13. The molecule has 1 aliphatic carbocycles. The third-order valence-corrected chi connectivity index (χ3v) is 5.55. The van der Waals surface area contributed by atoms with E-state index in [1.54, 1.807) is 30.5 Å². The van der Waals surface area contributed by atoms with Crippen molar-refractivity contribution < 1.29 is 18.8 Å². The summed E-state index contributed by atoms with van der Waals surface area (Å²) >= 11 is 1.36. The normalized spacial score (nSPS) is 14.2. The third kappa shape index (κ3) is 5.07. The Morgan fingerprint density at radius 1 is 1.23 bits per heavy atom. The second-order valence-electron chi connectivity index (χ2n) is 7.05. The molecule has 0 saturated heterocycles. The first-order valence-electron chi connectivity index (χ1n) is 9.66. The fourth-order valence-corrected chi connectivity index (χ4v) is 3.73. The average molecular weight is 423 g/mol. The monoisotopic (exact) mass is 423 g/mol. The van der Waals surface area contributed by atoms with E-state index in [1.165, 1.54) is 11.8 Å². The lowest BCUT2D eigenvalue weighted by Crippen LogP contribution is -2.33. The predicted octanol–water partition coefficient (Wildman–Crippen LogP) is 3.85. The molecule has 7 nitrogen and oxygen atoms in total. The summed E-state index contributed by atoms with van der Waals surface area (Å²) in [7, 11) is 0. The number of aromatic nitrogens is 2. The van der Waals surface area contributed by atoms with Crippen molar-refractivity contribution in [1.29, 1.82) is 0 Å². The van der Waals surface area contributed by atoms with E-state index < -0.39 is 12.1 Å². The summed E-state index contributed by atoms with van der Waals surface area (Å²) in [6.45, 7) is 1.82. The second kappa shape index (κ2) is 9.13. The summed E-state index contributed by atoms with van der Waals surface area (Å²) in [5.74, 6) is 0.312. The van der Waals surface area contributed by atoms with Crippen molar-refractivity contribution in [3.05, 3.63) is 77.3 Å². The highest BCUT2D eigenvalue weighted by Crippen LogP contribution is 2.28. The van der Waals surface area contributed by atoms with Gasteiger partial charge in [-0.1, -0.05) is 47.3 Å². The van der Waals surface area contributed by atoms with Crippen LogP contribution in [0, 0.1) is 6.92 Å². The van der Waals surface area contributed by atoms with Crippen molar-refractivity contribution in [2.45, 2.75) is 42.7 Å². The number of ether oxygens (including phenoxy) is 1. The number of amides is 1. The highest BCUT2D eigenvalue weighted by atomic mass is 32.2. The summed E-state index contributed by atoms with van der Waals surface area (Å²) in [5, 5.41) is 7.39.